The molecular formula is C17H29NS. The normalized spacial score (nSPS) is 26.3. The minimum atomic E-state index is 0.422. The van der Waals surface area contributed by atoms with Gasteiger partial charge in [0, 0.05) is 17.0 Å². The molecular weight excluding hydrogens is 250 g/mol. The predicted molar refractivity (Wildman–Crippen MR) is 85.7 cm³/mol. The van der Waals surface area contributed by atoms with Gasteiger partial charge >= 0.3 is 0 Å². The molecule has 1 heterocycles. The lowest BCUT2D eigenvalue weighted by Gasteiger charge is -2.42. The van der Waals surface area contributed by atoms with Crippen LogP contribution in [0, 0.1) is 11.3 Å². The minimum absolute atomic E-state index is 0.422. The van der Waals surface area contributed by atoms with Gasteiger partial charge in [0.25, 0.3) is 0 Å². The fourth-order valence-corrected chi connectivity index (χ4v) is 4.39. The Morgan fingerprint density at radius 3 is 2.63 bits per heavy atom. The standard InChI is InChI=1S/C17H29NS/c1-5-14(16-11-8-12-19-16)18-15-10-7-6-9-13(15)17(2,3)4/h8,11-15,18H,5-7,9-10H2,1-4H3. The number of nitrogens with one attached hydrogen (secondary N) is 1. The van der Waals surface area contributed by atoms with Crippen LogP contribution in [0.4, 0.5) is 0 Å². The molecule has 0 amide bonds. The summed E-state index contributed by atoms with van der Waals surface area (Å²) in [5.74, 6) is 0.815. The Bertz CT molecular complexity index is 363. The van der Waals surface area contributed by atoms with Crippen molar-refractivity contribution in [3.8, 4) is 0 Å². The summed E-state index contributed by atoms with van der Waals surface area (Å²) >= 11 is 1.89. The highest BCUT2D eigenvalue weighted by Gasteiger charge is 2.35. The van der Waals surface area contributed by atoms with Crippen molar-refractivity contribution >= 4 is 11.3 Å². The lowest BCUT2D eigenvalue weighted by molar-refractivity contribution is 0.122. The Kier molecular flexibility index (Phi) is 5.08. The van der Waals surface area contributed by atoms with E-state index in [1.807, 2.05) is 11.3 Å². The van der Waals surface area contributed by atoms with E-state index in [9.17, 15) is 0 Å². The van der Waals surface area contributed by atoms with Gasteiger partial charge in [-0.15, -0.1) is 11.3 Å². The second kappa shape index (κ2) is 6.41. The van der Waals surface area contributed by atoms with Gasteiger partial charge in [0.05, 0.1) is 0 Å². The van der Waals surface area contributed by atoms with E-state index in [0.717, 1.165) is 5.92 Å². The molecule has 1 aromatic rings. The van der Waals surface area contributed by atoms with Crippen LogP contribution >= 0.6 is 11.3 Å². The van der Waals surface area contributed by atoms with Gasteiger partial charge in [-0.2, -0.15) is 0 Å². The molecule has 0 aliphatic heterocycles. The van der Waals surface area contributed by atoms with Gasteiger partial charge in [0.15, 0.2) is 0 Å². The molecule has 1 saturated carbocycles. The first-order chi connectivity index (χ1) is 9.02. The Morgan fingerprint density at radius 2 is 2.05 bits per heavy atom. The molecule has 19 heavy (non-hydrogen) atoms. The first-order valence-electron chi connectivity index (χ1n) is 7.82. The summed E-state index contributed by atoms with van der Waals surface area (Å²) in [7, 11) is 0. The van der Waals surface area contributed by atoms with Crippen molar-refractivity contribution in [3.63, 3.8) is 0 Å². The predicted octanol–water partition coefficient (Wildman–Crippen LogP) is 5.39. The van der Waals surface area contributed by atoms with Crippen molar-refractivity contribution in [2.75, 3.05) is 0 Å². The van der Waals surface area contributed by atoms with E-state index in [2.05, 4.69) is 50.5 Å². The highest BCUT2D eigenvalue weighted by atomic mass is 32.1. The van der Waals surface area contributed by atoms with Crippen molar-refractivity contribution in [1.82, 2.24) is 5.32 Å². The van der Waals surface area contributed by atoms with Gasteiger partial charge in [-0.25, -0.2) is 0 Å². The van der Waals surface area contributed by atoms with Crippen LogP contribution in [0.1, 0.15) is 70.7 Å². The van der Waals surface area contributed by atoms with E-state index in [1.54, 1.807) is 0 Å². The van der Waals surface area contributed by atoms with E-state index in [0.29, 0.717) is 17.5 Å². The van der Waals surface area contributed by atoms with E-state index >= 15 is 0 Å². The lowest BCUT2D eigenvalue weighted by Crippen LogP contribution is -2.45. The van der Waals surface area contributed by atoms with Gasteiger partial charge < -0.3 is 5.32 Å². The molecule has 2 rings (SSSR count). The number of hydrogen-bond donors (Lipinski definition) is 1. The Balaban J connectivity index is 2.06. The summed E-state index contributed by atoms with van der Waals surface area (Å²) in [5.41, 5.74) is 0.422. The average Bonchev–Trinajstić information content (AvgIpc) is 2.89. The molecule has 1 aromatic heterocycles. The van der Waals surface area contributed by atoms with Crippen LogP contribution in [0.25, 0.3) is 0 Å². The summed E-state index contributed by atoms with van der Waals surface area (Å²) < 4.78 is 0. The molecule has 3 atom stereocenters. The first-order valence-corrected chi connectivity index (χ1v) is 8.69. The third kappa shape index (κ3) is 3.82. The molecule has 0 spiro atoms. The molecule has 2 heteroatoms. The summed E-state index contributed by atoms with van der Waals surface area (Å²) in [5, 5.41) is 6.17. The van der Waals surface area contributed by atoms with Crippen LogP contribution in [-0.4, -0.2) is 6.04 Å². The summed E-state index contributed by atoms with van der Waals surface area (Å²) in [6.45, 7) is 9.52. The molecule has 108 valence electrons. The summed E-state index contributed by atoms with van der Waals surface area (Å²) in [4.78, 5) is 1.50. The monoisotopic (exact) mass is 279 g/mol. The Labute approximate surface area is 122 Å². The van der Waals surface area contributed by atoms with Crippen LogP contribution in [0.2, 0.25) is 0 Å². The lowest BCUT2D eigenvalue weighted by atomic mass is 9.69. The SMILES string of the molecule is CCC(NC1CCCCC1C(C)(C)C)c1cccs1. The molecule has 1 nitrogen and oxygen atoms in total. The summed E-state index contributed by atoms with van der Waals surface area (Å²) in [6, 6.07) is 5.70. The van der Waals surface area contributed by atoms with E-state index in [1.165, 1.54) is 37.0 Å². The first kappa shape index (κ1) is 15.1. The van der Waals surface area contributed by atoms with Crippen LogP contribution in [0.15, 0.2) is 17.5 Å². The zero-order valence-electron chi connectivity index (χ0n) is 12.9. The molecule has 1 N–H and O–H groups in total. The topological polar surface area (TPSA) is 12.0 Å². The zero-order chi connectivity index (χ0) is 13.9. The minimum Gasteiger partial charge on any atom is -0.306 e. The molecule has 1 aliphatic rings. The molecule has 0 aromatic carbocycles. The third-order valence-corrected chi connectivity index (χ3v) is 5.57. The Morgan fingerprint density at radius 1 is 1.32 bits per heavy atom. The molecule has 1 aliphatic carbocycles. The van der Waals surface area contributed by atoms with Gasteiger partial charge in [-0.05, 0) is 42.0 Å². The number of hydrogen-bond acceptors (Lipinski definition) is 2. The van der Waals surface area contributed by atoms with E-state index in [4.69, 9.17) is 0 Å². The molecule has 0 bridgehead atoms. The molecule has 3 unspecified atom stereocenters. The van der Waals surface area contributed by atoms with E-state index < -0.39 is 0 Å². The van der Waals surface area contributed by atoms with Gasteiger partial charge in [-0.3, -0.25) is 0 Å². The Hall–Kier alpha value is -0.340. The fourth-order valence-electron chi connectivity index (χ4n) is 3.52. The van der Waals surface area contributed by atoms with Gasteiger partial charge in [0.1, 0.15) is 0 Å². The van der Waals surface area contributed by atoms with Crippen LogP contribution in [0.3, 0.4) is 0 Å². The van der Waals surface area contributed by atoms with Crippen molar-refractivity contribution < 1.29 is 0 Å². The zero-order valence-corrected chi connectivity index (χ0v) is 13.7. The van der Waals surface area contributed by atoms with Crippen LogP contribution in [0.5, 0.6) is 0 Å². The largest absolute Gasteiger partial charge is 0.306 e. The number of thiophene rings is 1. The highest BCUT2D eigenvalue weighted by Crippen LogP contribution is 2.39. The maximum atomic E-state index is 3.98. The van der Waals surface area contributed by atoms with Crippen LogP contribution < -0.4 is 5.32 Å². The van der Waals surface area contributed by atoms with Crippen molar-refractivity contribution in [2.24, 2.45) is 11.3 Å². The number of rotatable bonds is 4. The third-order valence-electron chi connectivity index (χ3n) is 4.59. The maximum absolute atomic E-state index is 3.98. The summed E-state index contributed by atoms with van der Waals surface area (Å²) in [6.07, 6.45) is 6.74. The molecule has 0 saturated heterocycles. The van der Waals surface area contributed by atoms with Crippen molar-refractivity contribution in [1.29, 1.82) is 0 Å². The van der Waals surface area contributed by atoms with E-state index in [-0.39, 0.29) is 0 Å². The fraction of sp³-hybridized carbons (Fsp3) is 0.765. The van der Waals surface area contributed by atoms with Crippen molar-refractivity contribution in [2.45, 2.75) is 71.9 Å². The smallest absolute Gasteiger partial charge is 0.0414 e. The van der Waals surface area contributed by atoms with Gasteiger partial charge in [0.2, 0.25) is 0 Å². The van der Waals surface area contributed by atoms with Crippen LogP contribution in [-0.2, 0) is 0 Å². The maximum Gasteiger partial charge on any atom is 0.0414 e. The average molecular weight is 279 g/mol. The second-order valence-electron chi connectivity index (χ2n) is 7.01. The van der Waals surface area contributed by atoms with Gasteiger partial charge in [-0.1, -0.05) is 46.6 Å². The van der Waals surface area contributed by atoms with Crippen molar-refractivity contribution in [3.05, 3.63) is 22.4 Å². The quantitative estimate of drug-likeness (QED) is 0.778. The molecule has 0 radical (unpaired) electrons. The highest BCUT2D eigenvalue weighted by molar-refractivity contribution is 7.10. The second-order valence-corrected chi connectivity index (χ2v) is 7.99. The molecule has 1 fully saturated rings.